The minimum absolute atomic E-state index is 0.350. The molecule has 1 aliphatic rings. The maximum Gasteiger partial charge on any atom is 0.0673 e. The molecule has 0 saturated heterocycles. The van der Waals surface area contributed by atoms with Gasteiger partial charge in [-0.05, 0) is 24.7 Å². The maximum atomic E-state index is 10.1. The summed E-state index contributed by atoms with van der Waals surface area (Å²) in [6.45, 7) is 6.53. The first-order valence-electron chi connectivity index (χ1n) is 4.82. The van der Waals surface area contributed by atoms with Gasteiger partial charge in [0.2, 0.25) is 0 Å². The van der Waals surface area contributed by atoms with Crippen LogP contribution in [0.2, 0.25) is 0 Å². The topological polar surface area (TPSA) is 20.2 Å². The second kappa shape index (κ2) is 3.14. The van der Waals surface area contributed by atoms with Crippen LogP contribution >= 0.6 is 0 Å². The monoisotopic (exact) mass is 156 g/mol. The van der Waals surface area contributed by atoms with Crippen molar-refractivity contribution in [3.63, 3.8) is 0 Å². The van der Waals surface area contributed by atoms with Crippen LogP contribution in [0.5, 0.6) is 0 Å². The Hall–Kier alpha value is -0.0400. The van der Waals surface area contributed by atoms with Gasteiger partial charge in [0, 0.05) is 0 Å². The number of rotatable bonds is 1. The highest BCUT2D eigenvalue weighted by atomic mass is 16.3. The molecule has 1 nitrogen and oxygen atoms in total. The first kappa shape index (κ1) is 9.05. The van der Waals surface area contributed by atoms with Crippen molar-refractivity contribution in [1.29, 1.82) is 0 Å². The molecule has 66 valence electrons. The number of hydrogen-bond donors (Lipinski definition) is 1. The van der Waals surface area contributed by atoms with Gasteiger partial charge in [0.15, 0.2) is 0 Å². The van der Waals surface area contributed by atoms with Gasteiger partial charge in [0.25, 0.3) is 0 Å². The molecule has 11 heavy (non-hydrogen) atoms. The smallest absolute Gasteiger partial charge is 0.0673 e. The Labute approximate surface area is 69.8 Å². The zero-order chi connectivity index (χ0) is 8.48. The molecular formula is C10H20O. The Morgan fingerprint density at radius 1 is 1.45 bits per heavy atom. The molecule has 0 heterocycles. The fraction of sp³-hybridized carbons (Fsp3) is 1.00. The van der Waals surface area contributed by atoms with E-state index < -0.39 is 0 Å². The lowest BCUT2D eigenvalue weighted by atomic mass is 9.69. The molecule has 3 unspecified atom stereocenters. The Bertz CT molecular complexity index is 133. The van der Waals surface area contributed by atoms with Gasteiger partial charge in [-0.3, -0.25) is 0 Å². The fourth-order valence-electron chi connectivity index (χ4n) is 2.24. The molecule has 0 spiro atoms. The fourth-order valence-corrected chi connectivity index (χ4v) is 2.24. The highest BCUT2D eigenvalue weighted by molar-refractivity contribution is 4.89. The lowest BCUT2D eigenvalue weighted by Crippen LogP contribution is -2.42. The van der Waals surface area contributed by atoms with Crippen LogP contribution in [0.1, 0.15) is 46.5 Å². The van der Waals surface area contributed by atoms with E-state index >= 15 is 0 Å². The van der Waals surface area contributed by atoms with Crippen molar-refractivity contribution in [3.05, 3.63) is 0 Å². The Morgan fingerprint density at radius 2 is 2.09 bits per heavy atom. The van der Waals surface area contributed by atoms with E-state index in [1.807, 2.05) is 0 Å². The number of aliphatic hydroxyl groups is 1. The van der Waals surface area contributed by atoms with Crippen molar-refractivity contribution in [2.24, 2.45) is 11.8 Å². The molecule has 1 N–H and O–H groups in total. The van der Waals surface area contributed by atoms with Crippen molar-refractivity contribution in [1.82, 2.24) is 0 Å². The molecule has 0 radical (unpaired) electrons. The van der Waals surface area contributed by atoms with Crippen LogP contribution in [0, 0.1) is 11.8 Å². The predicted molar refractivity (Wildman–Crippen MR) is 47.4 cm³/mol. The predicted octanol–water partition coefficient (Wildman–Crippen LogP) is 2.58. The quantitative estimate of drug-likeness (QED) is 0.618. The lowest BCUT2D eigenvalue weighted by molar-refractivity contribution is -0.0652. The van der Waals surface area contributed by atoms with Crippen molar-refractivity contribution < 1.29 is 5.11 Å². The van der Waals surface area contributed by atoms with Crippen LogP contribution < -0.4 is 0 Å². The average Bonchev–Trinajstić information content (AvgIpc) is 2.00. The molecule has 1 aliphatic carbocycles. The number of hydrogen-bond acceptors (Lipinski definition) is 1. The summed E-state index contributed by atoms with van der Waals surface area (Å²) in [5.74, 6) is 1.19. The molecule has 0 aromatic heterocycles. The lowest BCUT2D eigenvalue weighted by Gasteiger charge is -2.41. The molecule has 0 aromatic rings. The summed E-state index contributed by atoms with van der Waals surface area (Å²) in [7, 11) is 0. The van der Waals surface area contributed by atoms with E-state index in [0.29, 0.717) is 11.8 Å². The van der Waals surface area contributed by atoms with E-state index in [9.17, 15) is 5.11 Å². The zero-order valence-corrected chi connectivity index (χ0v) is 7.93. The molecule has 0 aromatic carbocycles. The molecule has 3 atom stereocenters. The second-order valence-electron chi connectivity index (χ2n) is 4.12. The minimum atomic E-state index is -0.350. The SMILES string of the molecule is CCC1(O)CCCC(C)C1C. The summed E-state index contributed by atoms with van der Waals surface area (Å²) in [5, 5.41) is 10.1. The van der Waals surface area contributed by atoms with Crippen molar-refractivity contribution in [2.75, 3.05) is 0 Å². The van der Waals surface area contributed by atoms with E-state index in [2.05, 4.69) is 20.8 Å². The molecule has 1 saturated carbocycles. The van der Waals surface area contributed by atoms with Crippen molar-refractivity contribution >= 4 is 0 Å². The van der Waals surface area contributed by atoms with Gasteiger partial charge >= 0.3 is 0 Å². The van der Waals surface area contributed by atoms with Crippen LogP contribution in [0.4, 0.5) is 0 Å². The van der Waals surface area contributed by atoms with E-state index in [0.717, 1.165) is 12.8 Å². The molecule has 1 rings (SSSR count). The molecule has 0 amide bonds. The van der Waals surface area contributed by atoms with E-state index in [1.165, 1.54) is 12.8 Å². The molecule has 0 aliphatic heterocycles. The summed E-state index contributed by atoms with van der Waals surface area (Å²) < 4.78 is 0. The van der Waals surface area contributed by atoms with Crippen molar-refractivity contribution in [2.45, 2.75) is 52.1 Å². The maximum absolute atomic E-state index is 10.1. The first-order valence-corrected chi connectivity index (χ1v) is 4.82. The third-order valence-electron chi connectivity index (χ3n) is 3.58. The van der Waals surface area contributed by atoms with Crippen LogP contribution in [0.15, 0.2) is 0 Å². The van der Waals surface area contributed by atoms with Crippen LogP contribution in [-0.2, 0) is 0 Å². The third kappa shape index (κ3) is 1.58. The van der Waals surface area contributed by atoms with Gasteiger partial charge in [0.1, 0.15) is 0 Å². The molecule has 0 bridgehead atoms. The summed E-state index contributed by atoms with van der Waals surface area (Å²) in [6.07, 6.45) is 4.42. The first-order chi connectivity index (χ1) is 5.10. The molecular weight excluding hydrogens is 136 g/mol. The highest BCUT2D eigenvalue weighted by Crippen LogP contribution is 2.39. The second-order valence-corrected chi connectivity index (χ2v) is 4.12. The van der Waals surface area contributed by atoms with Crippen LogP contribution in [0.25, 0.3) is 0 Å². The van der Waals surface area contributed by atoms with Gasteiger partial charge in [0.05, 0.1) is 5.60 Å². The summed E-state index contributed by atoms with van der Waals surface area (Å²) in [6, 6.07) is 0. The summed E-state index contributed by atoms with van der Waals surface area (Å²) in [5.41, 5.74) is -0.350. The molecule has 1 heteroatoms. The van der Waals surface area contributed by atoms with Gasteiger partial charge in [-0.2, -0.15) is 0 Å². The Kier molecular flexibility index (Phi) is 2.58. The third-order valence-corrected chi connectivity index (χ3v) is 3.58. The summed E-state index contributed by atoms with van der Waals surface area (Å²) >= 11 is 0. The van der Waals surface area contributed by atoms with Gasteiger partial charge < -0.3 is 5.11 Å². The largest absolute Gasteiger partial charge is 0.390 e. The van der Waals surface area contributed by atoms with Crippen LogP contribution in [-0.4, -0.2) is 10.7 Å². The Morgan fingerprint density at radius 3 is 2.55 bits per heavy atom. The summed E-state index contributed by atoms with van der Waals surface area (Å²) in [4.78, 5) is 0. The van der Waals surface area contributed by atoms with Gasteiger partial charge in [-0.1, -0.05) is 33.6 Å². The van der Waals surface area contributed by atoms with Gasteiger partial charge in [-0.25, -0.2) is 0 Å². The Balaban J connectivity index is 2.64. The minimum Gasteiger partial charge on any atom is -0.390 e. The average molecular weight is 156 g/mol. The highest BCUT2D eigenvalue weighted by Gasteiger charge is 2.37. The normalized spacial score (nSPS) is 45.8. The standard InChI is InChI=1S/C10H20O/c1-4-10(11)7-5-6-8(2)9(10)3/h8-9,11H,4-7H2,1-3H3. The molecule has 1 fully saturated rings. The van der Waals surface area contributed by atoms with E-state index in [-0.39, 0.29) is 5.60 Å². The zero-order valence-electron chi connectivity index (χ0n) is 7.93. The van der Waals surface area contributed by atoms with E-state index in [1.54, 1.807) is 0 Å². The van der Waals surface area contributed by atoms with E-state index in [4.69, 9.17) is 0 Å². The van der Waals surface area contributed by atoms with Gasteiger partial charge in [-0.15, -0.1) is 0 Å². The van der Waals surface area contributed by atoms with Crippen LogP contribution in [0.3, 0.4) is 0 Å². The van der Waals surface area contributed by atoms with Crippen molar-refractivity contribution in [3.8, 4) is 0 Å².